The minimum atomic E-state index is 0.585. The highest BCUT2D eigenvalue weighted by Gasteiger charge is 2.08. The molecule has 6 heteroatoms. The third-order valence-electron chi connectivity index (χ3n) is 4.22. The van der Waals surface area contributed by atoms with Crippen molar-refractivity contribution in [3.63, 3.8) is 0 Å². The van der Waals surface area contributed by atoms with Crippen molar-refractivity contribution in [3.8, 4) is 17.5 Å². The van der Waals surface area contributed by atoms with Crippen molar-refractivity contribution in [2.45, 2.75) is 6.54 Å². The lowest BCUT2D eigenvalue weighted by Gasteiger charge is -2.12. The van der Waals surface area contributed by atoms with Crippen molar-refractivity contribution in [3.05, 3.63) is 96.3 Å². The minimum absolute atomic E-state index is 0.585. The van der Waals surface area contributed by atoms with E-state index in [1.54, 1.807) is 18.3 Å². The second kappa shape index (κ2) is 8.63. The second-order valence-electron chi connectivity index (χ2n) is 6.36. The van der Waals surface area contributed by atoms with E-state index in [0.717, 1.165) is 16.8 Å². The molecule has 0 bridgehead atoms. The van der Waals surface area contributed by atoms with E-state index in [9.17, 15) is 0 Å². The number of aromatic nitrogens is 3. The zero-order valence-corrected chi connectivity index (χ0v) is 15.6. The van der Waals surface area contributed by atoms with Gasteiger partial charge in [-0.3, -0.25) is 4.98 Å². The summed E-state index contributed by atoms with van der Waals surface area (Å²) in [4.78, 5) is 13.5. The Hall–Kier alpha value is -4.24. The van der Waals surface area contributed by atoms with Crippen LogP contribution in [0, 0.1) is 11.3 Å². The summed E-state index contributed by atoms with van der Waals surface area (Å²) in [6, 6.07) is 25.0. The van der Waals surface area contributed by atoms with Crippen LogP contribution in [0.25, 0.3) is 11.4 Å². The van der Waals surface area contributed by atoms with Gasteiger partial charge in [0.2, 0.25) is 0 Å². The quantitative estimate of drug-likeness (QED) is 0.503. The van der Waals surface area contributed by atoms with Crippen molar-refractivity contribution in [2.75, 3.05) is 10.6 Å². The fraction of sp³-hybridized carbons (Fsp3) is 0.0435. The van der Waals surface area contributed by atoms with Gasteiger partial charge in [-0.05, 0) is 29.8 Å². The van der Waals surface area contributed by atoms with E-state index in [-0.39, 0.29) is 0 Å². The molecule has 2 N–H and O–H groups in total. The highest BCUT2D eigenvalue weighted by atomic mass is 15.1. The van der Waals surface area contributed by atoms with Crippen LogP contribution < -0.4 is 10.6 Å². The van der Waals surface area contributed by atoms with Crippen LogP contribution in [0.1, 0.15) is 11.1 Å². The summed E-state index contributed by atoms with van der Waals surface area (Å²) < 4.78 is 0. The SMILES string of the molecule is N#Cc1cccc(Nc2cc(NCc3cccnc3)nc(-c3ccccc3)n2)c1. The van der Waals surface area contributed by atoms with Gasteiger partial charge in [-0.1, -0.05) is 42.5 Å². The Bertz CT molecular complexity index is 1140. The number of pyridine rings is 1. The molecule has 0 spiro atoms. The third kappa shape index (κ3) is 4.73. The number of hydrogen-bond acceptors (Lipinski definition) is 6. The minimum Gasteiger partial charge on any atom is -0.366 e. The number of hydrogen-bond donors (Lipinski definition) is 2. The second-order valence-corrected chi connectivity index (χ2v) is 6.36. The summed E-state index contributed by atoms with van der Waals surface area (Å²) in [5.74, 6) is 1.95. The lowest BCUT2D eigenvalue weighted by molar-refractivity contribution is 1.07. The molecule has 0 aliphatic carbocycles. The van der Waals surface area contributed by atoms with Gasteiger partial charge in [0, 0.05) is 36.3 Å². The van der Waals surface area contributed by atoms with Crippen LogP contribution in [0.3, 0.4) is 0 Å². The van der Waals surface area contributed by atoms with Crippen LogP contribution >= 0.6 is 0 Å². The van der Waals surface area contributed by atoms with Crippen LogP contribution in [-0.4, -0.2) is 15.0 Å². The predicted octanol–water partition coefficient (Wildman–Crippen LogP) is 4.77. The highest BCUT2D eigenvalue weighted by Crippen LogP contribution is 2.23. The number of rotatable bonds is 6. The van der Waals surface area contributed by atoms with E-state index < -0.39 is 0 Å². The van der Waals surface area contributed by atoms with E-state index in [2.05, 4.69) is 31.7 Å². The number of anilines is 3. The van der Waals surface area contributed by atoms with E-state index >= 15 is 0 Å². The molecule has 0 aliphatic heterocycles. The summed E-state index contributed by atoms with van der Waals surface area (Å²) in [7, 11) is 0. The van der Waals surface area contributed by atoms with Gasteiger partial charge >= 0.3 is 0 Å². The largest absolute Gasteiger partial charge is 0.366 e. The zero-order valence-electron chi connectivity index (χ0n) is 15.6. The highest BCUT2D eigenvalue weighted by molar-refractivity contribution is 5.65. The summed E-state index contributed by atoms with van der Waals surface area (Å²) in [6.07, 6.45) is 3.57. The average molecular weight is 378 g/mol. The fourth-order valence-corrected chi connectivity index (χ4v) is 2.83. The Morgan fingerprint density at radius 2 is 1.72 bits per heavy atom. The number of nitriles is 1. The van der Waals surface area contributed by atoms with Gasteiger partial charge in [-0.2, -0.15) is 5.26 Å². The molecule has 2 heterocycles. The molecule has 0 aliphatic rings. The standard InChI is InChI=1S/C23H18N6/c24-14-17-6-4-10-20(12-17)27-22-13-21(26-16-18-7-5-11-25-15-18)28-23(29-22)19-8-2-1-3-9-19/h1-13,15H,16H2,(H2,26,27,28,29). The van der Waals surface area contributed by atoms with Gasteiger partial charge in [0.05, 0.1) is 11.6 Å². The molecule has 0 atom stereocenters. The third-order valence-corrected chi connectivity index (χ3v) is 4.22. The molecule has 29 heavy (non-hydrogen) atoms. The molecule has 2 aromatic heterocycles. The van der Waals surface area contributed by atoms with E-state index in [4.69, 9.17) is 5.26 Å². The molecule has 0 saturated carbocycles. The Morgan fingerprint density at radius 3 is 2.52 bits per heavy atom. The predicted molar refractivity (Wildman–Crippen MR) is 113 cm³/mol. The van der Waals surface area contributed by atoms with Crippen molar-refractivity contribution < 1.29 is 0 Å². The molecular formula is C23H18N6. The molecular weight excluding hydrogens is 360 g/mol. The van der Waals surface area contributed by atoms with Crippen LogP contribution in [0.5, 0.6) is 0 Å². The van der Waals surface area contributed by atoms with Crippen LogP contribution in [0.4, 0.5) is 17.3 Å². The summed E-state index contributed by atoms with van der Waals surface area (Å²) in [5, 5.41) is 15.7. The number of nitrogens with zero attached hydrogens (tertiary/aromatic N) is 4. The zero-order chi connectivity index (χ0) is 19.9. The van der Waals surface area contributed by atoms with Crippen molar-refractivity contribution >= 4 is 17.3 Å². The van der Waals surface area contributed by atoms with E-state index in [1.165, 1.54) is 0 Å². The van der Waals surface area contributed by atoms with Crippen LogP contribution in [0.15, 0.2) is 85.2 Å². The van der Waals surface area contributed by atoms with Crippen LogP contribution in [-0.2, 0) is 6.54 Å². The monoisotopic (exact) mass is 378 g/mol. The Balaban J connectivity index is 1.65. The van der Waals surface area contributed by atoms with Crippen molar-refractivity contribution in [2.24, 2.45) is 0 Å². The maximum Gasteiger partial charge on any atom is 0.163 e. The van der Waals surface area contributed by atoms with Gasteiger partial charge < -0.3 is 10.6 Å². The first kappa shape index (κ1) is 18.1. The Morgan fingerprint density at radius 1 is 0.862 bits per heavy atom. The number of benzene rings is 2. The lowest BCUT2D eigenvalue weighted by Crippen LogP contribution is -2.05. The van der Waals surface area contributed by atoms with Crippen LogP contribution in [0.2, 0.25) is 0 Å². The fourth-order valence-electron chi connectivity index (χ4n) is 2.83. The maximum atomic E-state index is 9.12. The molecule has 0 radical (unpaired) electrons. The molecule has 0 fully saturated rings. The van der Waals surface area contributed by atoms with Gasteiger partial charge in [-0.25, -0.2) is 9.97 Å². The average Bonchev–Trinajstić information content (AvgIpc) is 2.79. The molecule has 140 valence electrons. The maximum absolute atomic E-state index is 9.12. The first-order valence-electron chi connectivity index (χ1n) is 9.14. The smallest absolute Gasteiger partial charge is 0.163 e. The van der Waals surface area contributed by atoms with Gasteiger partial charge in [0.15, 0.2) is 5.82 Å². The Labute approximate surface area is 168 Å². The molecule has 4 aromatic rings. The Kier molecular flexibility index (Phi) is 5.40. The summed E-state index contributed by atoms with van der Waals surface area (Å²) in [5.41, 5.74) is 3.36. The normalized spacial score (nSPS) is 10.2. The molecule has 2 aromatic carbocycles. The molecule has 0 amide bonds. The van der Waals surface area contributed by atoms with Gasteiger partial charge in [0.25, 0.3) is 0 Å². The molecule has 0 saturated heterocycles. The van der Waals surface area contributed by atoms with Crippen molar-refractivity contribution in [1.82, 2.24) is 15.0 Å². The lowest BCUT2D eigenvalue weighted by atomic mass is 10.2. The molecule has 0 unspecified atom stereocenters. The van der Waals surface area contributed by atoms with E-state index in [1.807, 2.05) is 66.9 Å². The van der Waals surface area contributed by atoms with Gasteiger partial charge in [0.1, 0.15) is 11.6 Å². The number of nitrogens with one attached hydrogen (secondary N) is 2. The molecule has 4 rings (SSSR count). The summed E-state index contributed by atoms with van der Waals surface area (Å²) in [6.45, 7) is 0.600. The first-order valence-corrected chi connectivity index (χ1v) is 9.14. The topological polar surface area (TPSA) is 86.5 Å². The van der Waals surface area contributed by atoms with E-state index in [0.29, 0.717) is 29.6 Å². The summed E-state index contributed by atoms with van der Waals surface area (Å²) >= 11 is 0. The van der Waals surface area contributed by atoms with Crippen molar-refractivity contribution in [1.29, 1.82) is 5.26 Å². The molecule has 6 nitrogen and oxygen atoms in total. The van der Waals surface area contributed by atoms with Gasteiger partial charge in [-0.15, -0.1) is 0 Å². The first-order chi connectivity index (χ1) is 14.3.